The van der Waals surface area contributed by atoms with Gasteiger partial charge in [-0.1, -0.05) is 52.3 Å². The molecule has 0 aromatic heterocycles. The lowest BCUT2D eigenvalue weighted by atomic mass is 9.92. The van der Waals surface area contributed by atoms with Gasteiger partial charge in [0.1, 0.15) is 0 Å². The molecular weight excluding hydrogens is 223 g/mol. The van der Waals surface area contributed by atoms with E-state index in [1.165, 1.54) is 24.0 Å². The lowest BCUT2D eigenvalue weighted by Crippen LogP contribution is -2.02. The van der Waals surface area contributed by atoms with Gasteiger partial charge in [0.25, 0.3) is 0 Å². The van der Waals surface area contributed by atoms with E-state index >= 15 is 0 Å². The quantitative estimate of drug-likeness (QED) is 0.627. The van der Waals surface area contributed by atoms with Gasteiger partial charge in [0.2, 0.25) is 0 Å². The van der Waals surface area contributed by atoms with Crippen LogP contribution in [0, 0.1) is 11.8 Å². The summed E-state index contributed by atoms with van der Waals surface area (Å²) in [7, 11) is 0. The molecule has 1 radical (unpaired) electrons. The number of hydrogen-bond donors (Lipinski definition) is 0. The normalized spacial score (nSPS) is 11.5. The van der Waals surface area contributed by atoms with E-state index in [-0.39, 0.29) is 6.67 Å². The van der Waals surface area contributed by atoms with Crippen LogP contribution in [0.1, 0.15) is 57.2 Å². The summed E-state index contributed by atoms with van der Waals surface area (Å²) in [5.74, 6) is 1.49. The van der Waals surface area contributed by atoms with Crippen molar-refractivity contribution >= 4 is 0 Å². The second kappa shape index (κ2) is 7.56. The van der Waals surface area contributed by atoms with Crippen LogP contribution in [0.5, 0.6) is 0 Å². The Morgan fingerprint density at radius 2 is 1.83 bits per heavy atom. The highest BCUT2D eigenvalue weighted by Crippen LogP contribution is 2.22. The molecule has 0 bridgehead atoms. The van der Waals surface area contributed by atoms with Crippen molar-refractivity contribution in [3.05, 3.63) is 40.8 Å². The second-order valence-electron chi connectivity index (χ2n) is 5.65. The first-order chi connectivity index (χ1) is 8.56. The van der Waals surface area contributed by atoms with E-state index in [9.17, 15) is 4.39 Å². The fourth-order valence-corrected chi connectivity index (χ4v) is 2.20. The molecule has 101 valence electrons. The Labute approximate surface area is 112 Å². The molecule has 0 saturated carbocycles. The molecule has 0 aliphatic rings. The van der Waals surface area contributed by atoms with Gasteiger partial charge in [-0.15, -0.1) is 0 Å². The minimum Gasteiger partial charge on any atom is -0.250 e. The second-order valence-corrected chi connectivity index (χ2v) is 5.65. The number of rotatable bonds is 7. The first kappa shape index (κ1) is 15.2. The standard InChI is InChI=1S/C17H26F/c1-5-6-7-15-9-16(8-13(2)3)11-17(10-15)14(4)12-18/h9-11,13H,5-8,12H2,1-4H3. The molecule has 0 nitrogen and oxygen atoms in total. The van der Waals surface area contributed by atoms with Gasteiger partial charge >= 0.3 is 0 Å². The summed E-state index contributed by atoms with van der Waals surface area (Å²) in [6.45, 7) is 8.20. The fourth-order valence-electron chi connectivity index (χ4n) is 2.20. The van der Waals surface area contributed by atoms with Gasteiger partial charge in [0.15, 0.2) is 0 Å². The van der Waals surface area contributed by atoms with Gasteiger partial charge in [-0.3, -0.25) is 4.39 Å². The number of benzene rings is 1. The lowest BCUT2D eigenvalue weighted by molar-refractivity contribution is 0.516. The van der Waals surface area contributed by atoms with Crippen molar-refractivity contribution in [2.75, 3.05) is 6.67 Å². The number of alkyl halides is 1. The zero-order chi connectivity index (χ0) is 13.5. The zero-order valence-electron chi connectivity index (χ0n) is 12.2. The van der Waals surface area contributed by atoms with Gasteiger partial charge < -0.3 is 0 Å². The van der Waals surface area contributed by atoms with Crippen LogP contribution in [-0.2, 0) is 12.8 Å². The van der Waals surface area contributed by atoms with Crippen LogP contribution in [0.25, 0.3) is 0 Å². The summed E-state index contributed by atoms with van der Waals surface area (Å²) in [6, 6.07) is 6.61. The SMILES string of the molecule is CCCCc1cc(CC(C)C)cc([C](C)CF)c1. The van der Waals surface area contributed by atoms with E-state index < -0.39 is 0 Å². The van der Waals surface area contributed by atoms with Crippen molar-refractivity contribution in [3.63, 3.8) is 0 Å². The predicted molar refractivity (Wildman–Crippen MR) is 77.6 cm³/mol. The summed E-state index contributed by atoms with van der Waals surface area (Å²) in [5.41, 5.74) is 3.79. The molecular formula is C17H26F. The molecule has 1 aromatic carbocycles. The Bertz CT molecular complexity index is 355. The first-order valence-corrected chi connectivity index (χ1v) is 7.08. The smallest absolute Gasteiger partial charge is 0.0997 e. The van der Waals surface area contributed by atoms with Crippen molar-refractivity contribution in [1.82, 2.24) is 0 Å². The summed E-state index contributed by atoms with van der Waals surface area (Å²) in [4.78, 5) is 0. The molecule has 0 heterocycles. The maximum absolute atomic E-state index is 12.8. The molecule has 1 rings (SSSR count). The number of halogens is 1. The molecule has 0 atom stereocenters. The molecule has 0 unspecified atom stereocenters. The molecule has 0 aliphatic heterocycles. The maximum Gasteiger partial charge on any atom is 0.0997 e. The molecule has 0 spiro atoms. The average molecular weight is 249 g/mol. The average Bonchev–Trinajstić information content (AvgIpc) is 2.34. The Kier molecular flexibility index (Phi) is 6.38. The minimum atomic E-state index is -0.349. The highest BCUT2D eigenvalue weighted by atomic mass is 19.1. The van der Waals surface area contributed by atoms with Crippen LogP contribution in [0.2, 0.25) is 0 Å². The summed E-state index contributed by atoms with van der Waals surface area (Å²) in [6.07, 6.45) is 4.59. The topological polar surface area (TPSA) is 0 Å². The van der Waals surface area contributed by atoms with E-state index in [1.807, 2.05) is 6.92 Å². The third-order valence-electron chi connectivity index (χ3n) is 3.21. The third-order valence-corrected chi connectivity index (χ3v) is 3.21. The van der Waals surface area contributed by atoms with Gasteiger partial charge in [-0.05, 0) is 41.9 Å². The molecule has 0 N–H and O–H groups in total. The van der Waals surface area contributed by atoms with Crippen molar-refractivity contribution < 1.29 is 4.39 Å². The largest absolute Gasteiger partial charge is 0.250 e. The number of hydrogen-bond acceptors (Lipinski definition) is 0. The van der Waals surface area contributed by atoms with E-state index in [1.54, 1.807) is 0 Å². The lowest BCUT2D eigenvalue weighted by Gasteiger charge is -2.14. The summed E-state index contributed by atoms with van der Waals surface area (Å²) < 4.78 is 12.8. The Balaban J connectivity index is 2.95. The highest BCUT2D eigenvalue weighted by molar-refractivity contribution is 5.38. The molecule has 0 saturated heterocycles. The first-order valence-electron chi connectivity index (χ1n) is 7.08. The number of unbranched alkanes of at least 4 members (excludes halogenated alkanes) is 1. The molecule has 0 aliphatic carbocycles. The van der Waals surface area contributed by atoms with E-state index in [0.29, 0.717) is 5.92 Å². The van der Waals surface area contributed by atoms with Crippen LogP contribution in [0.3, 0.4) is 0 Å². The van der Waals surface area contributed by atoms with Crippen molar-refractivity contribution in [1.29, 1.82) is 0 Å². The van der Waals surface area contributed by atoms with Crippen LogP contribution < -0.4 is 0 Å². The van der Waals surface area contributed by atoms with Crippen molar-refractivity contribution in [2.45, 2.75) is 53.4 Å². The fraction of sp³-hybridized carbons (Fsp3) is 0.588. The van der Waals surface area contributed by atoms with Crippen LogP contribution in [0.15, 0.2) is 18.2 Å². The van der Waals surface area contributed by atoms with E-state index in [4.69, 9.17) is 0 Å². The highest BCUT2D eigenvalue weighted by Gasteiger charge is 2.09. The van der Waals surface area contributed by atoms with Gasteiger partial charge in [0, 0.05) is 5.92 Å². The molecule has 1 heteroatoms. The van der Waals surface area contributed by atoms with Crippen molar-refractivity contribution in [2.24, 2.45) is 5.92 Å². The molecule has 0 fully saturated rings. The monoisotopic (exact) mass is 249 g/mol. The summed E-state index contributed by atoms with van der Waals surface area (Å²) >= 11 is 0. The minimum absolute atomic E-state index is 0.349. The van der Waals surface area contributed by atoms with E-state index in [0.717, 1.165) is 24.3 Å². The third kappa shape index (κ3) is 4.80. The predicted octanol–water partition coefficient (Wildman–Crippen LogP) is 5.14. The molecule has 0 amide bonds. The summed E-state index contributed by atoms with van der Waals surface area (Å²) in [5, 5.41) is 0. The van der Waals surface area contributed by atoms with Crippen molar-refractivity contribution in [3.8, 4) is 0 Å². The van der Waals surface area contributed by atoms with E-state index in [2.05, 4.69) is 39.0 Å². The number of aryl methyl sites for hydroxylation is 1. The Morgan fingerprint density at radius 1 is 1.17 bits per heavy atom. The molecule has 1 aromatic rings. The van der Waals surface area contributed by atoms with Crippen LogP contribution >= 0.6 is 0 Å². The Hall–Kier alpha value is -0.850. The maximum atomic E-state index is 12.8. The van der Waals surface area contributed by atoms with Gasteiger partial charge in [-0.2, -0.15) is 0 Å². The Morgan fingerprint density at radius 3 is 2.39 bits per heavy atom. The van der Waals surface area contributed by atoms with Gasteiger partial charge in [-0.25, -0.2) is 0 Å². The van der Waals surface area contributed by atoms with Crippen LogP contribution in [0.4, 0.5) is 4.39 Å². The van der Waals surface area contributed by atoms with Crippen LogP contribution in [-0.4, -0.2) is 6.67 Å². The molecule has 18 heavy (non-hydrogen) atoms. The zero-order valence-corrected chi connectivity index (χ0v) is 12.2. The van der Waals surface area contributed by atoms with Gasteiger partial charge in [0.05, 0.1) is 6.67 Å².